The highest BCUT2D eigenvalue weighted by Crippen LogP contribution is 2.28. The van der Waals surface area contributed by atoms with E-state index >= 15 is 0 Å². The Bertz CT molecular complexity index is 1080. The molecule has 0 unspecified atom stereocenters. The molecule has 0 bridgehead atoms. The zero-order valence-corrected chi connectivity index (χ0v) is 15.9. The first-order valence-electron chi connectivity index (χ1n) is 9.18. The van der Waals surface area contributed by atoms with E-state index in [9.17, 15) is 0 Å². The standard InChI is InChI=1S/C24H23N3/c1-24(2,3)20-9-6-17(7-10-20)19-12-14-26-23(15-19)27-21-11-8-18-5-4-13-25-22(18)16-21/h4-16H,1-3H3,(H,26,27). The predicted molar refractivity (Wildman–Crippen MR) is 113 cm³/mol. The number of anilines is 2. The van der Waals surface area contributed by atoms with Crippen molar-refractivity contribution in [3.63, 3.8) is 0 Å². The minimum absolute atomic E-state index is 0.160. The summed E-state index contributed by atoms with van der Waals surface area (Å²) in [5.74, 6) is 0.822. The van der Waals surface area contributed by atoms with Gasteiger partial charge in [0, 0.05) is 23.5 Å². The summed E-state index contributed by atoms with van der Waals surface area (Å²) in [6.07, 6.45) is 3.65. The van der Waals surface area contributed by atoms with E-state index in [2.05, 4.69) is 84.6 Å². The van der Waals surface area contributed by atoms with Gasteiger partial charge in [0.2, 0.25) is 0 Å². The van der Waals surface area contributed by atoms with Crippen molar-refractivity contribution in [2.45, 2.75) is 26.2 Å². The van der Waals surface area contributed by atoms with E-state index in [0.717, 1.165) is 28.0 Å². The third-order valence-electron chi connectivity index (χ3n) is 4.72. The average Bonchev–Trinajstić information content (AvgIpc) is 2.68. The van der Waals surface area contributed by atoms with Gasteiger partial charge >= 0.3 is 0 Å². The maximum Gasteiger partial charge on any atom is 0.130 e. The molecule has 0 aliphatic carbocycles. The molecule has 0 aliphatic rings. The number of nitrogens with zero attached hydrogens (tertiary/aromatic N) is 2. The van der Waals surface area contributed by atoms with Crippen LogP contribution in [0.25, 0.3) is 22.0 Å². The molecule has 0 fully saturated rings. The van der Waals surface area contributed by atoms with Crippen molar-refractivity contribution < 1.29 is 0 Å². The third-order valence-corrected chi connectivity index (χ3v) is 4.72. The Morgan fingerprint density at radius 1 is 0.741 bits per heavy atom. The lowest BCUT2D eigenvalue weighted by molar-refractivity contribution is 0.590. The van der Waals surface area contributed by atoms with Gasteiger partial charge in [0.1, 0.15) is 5.82 Å². The first-order valence-corrected chi connectivity index (χ1v) is 9.18. The molecule has 0 saturated heterocycles. The molecular weight excluding hydrogens is 330 g/mol. The van der Waals surface area contributed by atoms with Crippen molar-refractivity contribution in [3.8, 4) is 11.1 Å². The number of hydrogen-bond acceptors (Lipinski definition) is 3. The largest absolute Gasteiger partial charge is 0.340 e. The summed E-state index contributed by atoms with van der Waals surface area (Å²) in [5, 5.41) is 4.52. The normalized spacial score (nSPS) is 11.5. The zero-order chi connectivity index (χ0) is 18.9. The van der Waals surface area contributed by atoms with Gasteiger partial charge in [0.15, 0.2) is 0 Å². The molecule has 0 aliphatic heterocycles. The summed E-state index contributed by atoms with van der Waals surface area (Å²) in [4.78, 5) is 8.88. The molecule has 134 valence electrons. The van der Waals surface area contributed by atoms with Crippen LogP contribution in [0.2, 0.25) is 0 Å². The van der Waals surface area contributed by atoms with Gasteiger partial charge in [-0.3, -0.25) is 4.98 Å². The Balaban J connectivity index is 1.60. The SMILES string of the molecule is CC(C)(C)c1ccc(-c2ccnc(Nc3ccc4cccnc4c3)c2)cc1. The topological polar surface area (TPSA) is 37.8 Å². The molecule has 27 heavy (non-hydrogen) atoms. The fourth-order valence-electron chi connectivity index (χ4n) is 3.13. The van der Waals surface area contributed by atoms with Gasteiger partial charge in [-0.15, -0.1) is 0 Å². The highest BCUT2D eigenvalue weighted by atomic mass is 15.0. The van der Waals surface area contributed by atoms with Crippen molar-refractivity contribution in [3.05, 3.63) is 84.7 Å². The Hall–Kier alpha value is -3.20. The van der Waals surface area contributed by atoms with Crippen LogP contribution in [0.3, 0.4) is 0 Å². The molecule has 1 N–H and O–H groups in total. The molecule has 4 rings (SSSR count). The summed E-state index contributed by atoms with van der Waals surface area (Å²) in [6, 6.07) is 23.1. The molecule has 2 aromatic heterocycles. The minimum atomic E-state index is 0.160. The minimum Gasteiger partial charge on any atom is -0.340 e. The van der Waals surface area contributed by atoms with E-state index in [1.165, 1.54) is 11.1 Å². The van der Waals surface area contributed by atoms with Crippen LogP contribution in [0, 0.1) is 0 Å². The fourth-order valence-corrected chi connectivity index (χ4v) is 3.13. The van der Waals surface area contributed by atoms with Gasteiger partial charge in [0.25, 0.3) is 0 Å². The fraction of sp³-hybridized carbons (Fsp3) is 0.167. The monoisotopic (exact) mass is 353 g/mol. The molecule has 0 atom stereocenters. The summed E-state index contributed by atoms with van der Waals surface area (Å²) >= 11 is 0. The smallest absolute Gasteiger partial charge is 0.130 e. The number of fused-ring (bicyclic) bond motifs is 1. The van der Waals surface area contributed by atoms with Crippen LogP contribution in [0.1, 0.15) is 26.3 Å². The highest BCUT2D eigenvalue weighted by Gasteiger charge is 2.13. The number of nitrogens with one attached hydrogen (secondary N) is 1. The Morgan fingerprint density at radius 2 is 1.56 bits per heavy atom. The van der Waals surface area contributed by atoms with Crippen molar-refractivity contribution in [2.24, 2.45) is 0 Å². The lowest BCUT2D eigenvalue weighted by Gasteiger charge is -2.19. The van der Waals surface area contributed by atoms with Crippen molar-refractivity contribution >= 4 is 22.4 Å². The van der Waals surface area contributed by atoms with Gasteiger partial charge in [-0.05, 0) is 52.4 Å². The summed E-state index contributed by atoms with van der Waals surface area (Å²) in [6.45, 7) is 6.69. The quantitative estimate of drug-likeness (QED) is 0.467. The molecule has 3 heteroatoms. The third kappa shape index (κ3) is 3.82. The zero-order valence-electron chi connectivity index (χ0n) is 15.9. The molecule has 2 heterocycles. The van der Waals surface area contributed by atoms with Gasteiger partial charge in [-0.25, -0.2) is 4.98 Å². The number of benzene rings is 2. The summed E-state index contributed by atoms with van der Waals surface area (Å²) < 4.78 is 0. The van der Waals surface area contributed by atoms with Crippen molar-refractivity contribution in [1.82, 2.24) is 9.97 Å². The summed E-state index contributed by atoms with van der Waals surface area (Å²) in [5.41, 5.74) is 5.78. The second kappa shape index (κ2) is 6.84. The number of rotatable bonds is 3. The van der Waals surface area contributed by atoms with Crippen LogP contribution >= 0.6 is 0 Å². The number of hydrogen-bond donors (Lipinski definition) is 1. The van der Waals surface area contributed by atoms with E-state index in [1.54, 1.807) is 0 Å². The molecule has 0 spiro atoms. The second-order valence-corrected chi connectivity index (χ2v) is 7.79. The van der Waals surface area contributed by atoms with Crippen LogP contribution in [0.5, 0.6) is 0 Å². The van der Waals surface area contributed by atoms with E-state index in [1.807, 2.05) is 30.6 Å². The first-order chi connectivity index (χ1) is 13.0. The molecule has 3 nitrogen and oxygen atoms in total. The van der Waals surface area contributed by atoms with Gasteiger partial charge in [-0.1, -0.05) is 57.2 Å². The Morgan fingerprint density at radius 3 is 2.33 bits per heavy atom. The molecule has 0 amide bonds. The van der Waals surface area contributed by atoms with Crippen molar-refractivity contribution in [1.29, 1.82) is 0 Å². The number of aromatic nitrogens is 2. The maximum absolute atomic E-state index is 4.47. The van der Waals surface area contributed by atoms with Crippen LogP contribution in [-0.4, -0.2) is 9.97 Å². The van der Waals surface area contributed by atoms with Crippen LogP contribution in [0.4, 0.5) is 11.5 Å². The highest BCUT2D eigenvalue weighted by molar-refractivity contribution is 5.83. The number of pyridine rings is 2. The summed E-state index contributed by atoms with van der Waals surface area (Å²) in [7, 11) is 0. The Kier molecular flexibility index (Phi) is 4.36. The van der Waals surface area contributed by atoms with Gasteiger partial charge < -0.3 is 5.32 Å². The average molecular weight is 353 g/mol. The van der Waals surface area contributed by atoms with Crippen LogP contribution in [0.15, 0.2) is 79.1 Å². The molecule has 0 saturated carbocycles. The van der Waals surface area contributed by atoms with E-state index in [0.29, 0.717) is 0 Å². The lowest BCUT2D eigenvalue weighted by Crippen LogP contribution is -2.10. The van der Waals surface area contributed by atoms with Gasteiger partial charge in [0.05, 0.1) is 5.52 Å². The molecular formula is C24H23N3. The maximum atomic E-state index is 4.47. The van der Waals surface area contributed by atoms with E-state index in [4.69, 9.17) is 0 Å². The second-order valence-electron chi connectivity index (χ2n) is 7.79. The lowest BCUT2D eigenvalue weighted by atomic mass is 9.86. The van der Waals surface area contributed by atoms with E-state index < -0.39 is 0 Å². The van der Waals surface area contributed by atoms with Crippen LogP contribution < -0.4 is 5.32 Å². The molecule has 2 aromatic carbocycles. The first kappa shape index (κ1) is 17.2. The molecule has 4 aromatic rings. The predicted octanol–water partition coefficient (Wildman–Crippen LogP) is 6.34. The van der Waals surface area contributed by atoms with Crippen molar-refractivity contribution in [2.75, 3.05) is 5.32 Å². The Labute approximate surface area is 160 Å². The van der Waals surface area contributed by atoms with Gasteiger partial charge in [-0.2, -0.15) is 0 Å². The van der Waals surface area contributed by atoms with Crippen LogP contribution in [-0.2, 0) is 5.41 Å². The molecule has 0 radical (unpaired) electrons. The van der Waals surface area contributed by atoms with E-state index in [-0.39, 0.29) is 5.41 Å².